The number of benzene rings is 1. The molecule has 4 heteroatoms. The zero-order chi connectivity index (χ0) is 14.5. The summed E-state index contributed by atoms with van der Waals surface area (Å²) in [6.45, 7) is 4.27. The van der Waals surface area contributed by atoms with E-state index in [4.69, 9.17) is 4.74 Å². The highest BCUT2D eigenvalue weighted by atomic mass is 16.5. The van der Waals surface area contributed by atoms with Crippen molar-refractivity contribution >= 4 is 0 Å². The Balaban J connectivity index is 2.03. The van der Waals surface area contributed by atoms with Crippen molar-refractivity contribution in [2.75, 3.05) is 7.11 Å². The molecule has 0 amide bonds. The lowest BCUT2D eigenvalue weighted by Gasteiger charge is -2.11. The van der Waals surface area contributed by atoms with E-state index in [1.165, 1.54) is 0 Å². The van der Waals surface area contributed by atoms with E-state index in [2.05, 4.69) is 18.9 Å². The zero-order valence-electron chi connectivity index (χ0n) is 12.3. The summed E-state index contributed by atoms with van der Waals surface area (Å²) in [5.74, 6) is 0.794. The van der Waals surface area contributed by atoms with Crippen molar-refractivity contribution in [1.29, 1.82) is 0 Å². The van der Waals surface area contributed by atoms with Gasteiger partial charge in [0.25, 0.3) is 0 Å². The van der Waals surface area contributed by atoms with Crippen molar-refractivity contribution in [3.63, 3.8) is 0 Å². The molecule has 1 aromatic heterocycles. The van der Waals surface area contributed by atoms with Crippen LogP contribution in [-0.4, -0.2) is 22.0 Å². The second-order valence-electron chi connectivity index (χ2n) is 5.04. The molecule has 0 aliphatic rings. The summed E-state index contributed by atoms with van der Waals surface area (Å²) in [6, 6.07) is 9.84. The highest BCUT2D eigenvalue weighted by Crippen LogP contribution is 2.21. The fourth-order valence-corrected chi connectivity index (χ4v) is 2.06. The lowest BCUT2D eigenvalue weighted by molar-refractivity contribution is 0.176. The van der Waals surface area contributed by atoms with Gasteiger partial charge in [-0.1, -0.05) is 19.1 Å². The molecule has 0 saturated heterocycles. The molecule has 1 aromatic carbocycles. The Bertz CT molecular complexity index is 534. The molecule has 0 bridgehead atoms. The minimum Gasteiger partial charge on any atom is -0.497 e. The van der Waals surface area contributed by atoms with Crippen LogP contribution in [-0.2, 0) is 6.42 Å². The molecule has 2 aromatic rings. The van der Waals surface area contributed by atoms with Gasteiger partial charge in [0.15, 0.2) is 0 Å². The molecule has 1 heterocycles. The average molecular weight is 274 g/mol. The first kappa shape index (κ1) is 14.6. The van der Waals surface area contributed by atoms with Gasteiger partial charge in [0.05, 0.1) is 18.9 Å². The lowest BCUT2D eigenvalue weighted by Crippen LogP contribution is -2.07. The van der Waals surface area contributed by atoms with Crippen LogP contribution in [0.1, 0.15) is 43.7 Å². The van der Waals surface area contributed by atoms with Gasteiger partial charge in [0, 0.05) is 18.7 Å². The Morgan fingerprint density at radius 2 is 1.95 bits per heavy atom. The SMILES string of the molecule is CCC(C)n1ccc(CC(O)c2ccc(OC)cc2)n1. The first-order valence-corrected chi connectivity index (χ1v) is 7.00. The average Bonchev–Trinajstić information content (AvgIpc) is 2.95. The summed E-state index contributed by atoms with van der Waals surface area (Å²) in [7, 11) is 1.63. The first-order chi connectivity index (χ1) is 9.63. The van der Waals surface area contributed by atoms with E-state index in [0.717, 1.165) is 23.4 Å². The summed E-state index contributed by atoms with van der Waals surface area (Å²) in [5.41, 5.74) is 1.79. The van der Waals surface area contributed by atoms with Crippen molar-refractivity contribution in [2.24, 2.45) is 0 Å². The molecule has 20 heavy (non-hydrogen) atoms. The number of rotatable bonds is 6. The van der Waals surface area contributed by atoms with Gasteiger partial charge in [-0.3, -0.25) is 4.68 Å². The summed E-state index contributed by atoms with van der Waals surface area (Å²) < 4.78 is 7.07. The number of aliphatic hydroxyl groups excluding tert-OH is 1. The molecule has 2 unspecified atom stereocenters. The summed E-state index contributed by atoms with van der Waals surface area (Å²) in [6.07, 6.45) is 3.00. The second-order valence-corrected chi connectivity index (χ2v) is 5.04. The molecule has 0 saturated carbocycles. The number of aliphatic hydroxyl groups is 1. The van der Waals surface area contributed by atoms with Crippen LogP contribution in [0.25, 0.3) is 0 Å². The maximum Gasteiger partial charge on any atom is 0.118 e. The molecule has 2 rings (SSSR count). The molecule has 0 fully saturated rings. The van der Waals surface area contributed by atoms with Crippen LogP contribution in [0.4, 0.5) is 0 Å². The predicted octanol–water partition coefficient (Wildman–Crippen LogP) is 3.14. The molecule has 2 atom stereocenters. The Hall–Kier alpha value is -1.81. The third kappa shape index (κ3) is 3.39. The number of hydrogen-bond donors (Lipinski definition) is 1. The van der Waals surface area contributed by atoms with E-state index in [1.807, 2.05) is 41.2 Å². The molecule has 0 radical (unpaired) electrons. The van der Waals surface area contributed by atoms with E-state index >= 15 is 0 Å². The smallest absolute Gasteiger partial charge is 0.118 e. The van der Waals surface area contributed by atoms with Crippen molar-refractivity contribution in [2.45, 2.75) is 38.8 Å². The van der Waals surface area contributed by atoms with Gasteiger partial charge in [-0.15, -0.1) is 0 Å². The molecule has 0 aliphatic carbocycles. The van der Waals surface area contributed by atoms with Crippen LogP contribution in [0, 0.1) is 0 Å². The second kappa shape index (κ2) is 6.57. The van der Waals surface area contributed by atoms with Gasteiger partial charge in [-0.2, -0.15) is 5.10 Å². The number of hydrogen-bond acceptors (Lipinski definition) is 3. The van der Waals surface area contributed by atoms with Gasteiger partial charge in [0.1, 0.15) is 5.75 Å². The van der Waals surface area contributed by atoms with E-state index in [0.29, 0.717) is 12.5 Å². The van der Waals surface area contributed by atoms with E-state index in [-0.39, 0.29) is 0 Å². The molecule has 108 valence electrons. The van der Waals surface area contributed by atoms with Crippen LogP contribution in [0.15, 0.2) is 36.5 Å². The van der Waals surface area contributed by atoms with Crippen LogP contribution >= 0.6 is 0 Å². The standard InChI is InChI=1S/C16H22N2O2/c1-4-12(2)18-10-9-14(17-18)11-16(19)13-5-7-15(20-3)8-6-13/h5-10,12,16,19H,4,11H2,1-3H3. The number of aromatic nitrogens is 2. The molecular weight excluding hydrogens is 252 g/mol. The third-order valence-corrected chi connectivity index (χ3v) is 3.61. The topological polar surface area (TPSA) is 47.3 Å². The van der Waals surface area contributed by atoms with E-state index < -0.39 is 6.10 Å². The Morgan fingerprint density at radius 3 is 2.55 bits per heavy atom. The fourth-order valence-electron chi connectivity index (χ4n) is 2.06. The predicted molar refractivity (Wildman–Crippen MR) is 78.9 cm³/mol. The third-order valence-electron chi connectivity index (χ3n) is 3.61. The van der Waals surface area contributed by atoms with Crippen LogP contribution in [0.5, 0.6) is 5.75 Å². The number of ether oxygens (including phenoxy) is 1. The minimum absolute atomic E-state index is 0.391. The van der Waals surface area contributed by atoms with Crippen LogP contribution in [0.2, 0.25) is 0 Å². The highest BCUT2D eigenvalue weighted by Gasteiger charge is 2.12. The number of methoxy groups -OCH3 is 1. The van der Waals surface area contributed by atoms with E-state index in [1.54, 1.807) is 7.11 Å². The van der Waals surface area contributed by atoms with Gasteiger partial charge < -0.3 is 9.84 Å². The Morgan fingerprint density at radius 1 is 1.25 bits per heavy atom. The van der Waals surface area contributed by atoms with E-state index in [9.17, 15) is 5.11 Å². The van der Waals surface area contributed by atoms with Crippen molar-refractivity contribution in [1.82, 2.24) is 9.78 Å². The van der Waals surface area contributed by atoms with Gasteiger partial charge in [-0.05, 0) is 37.1 Å². The monoisotopic (exact) mass is 274 g/mol. The Labute approximate surface area is 120 Å². The van der Waals surface area contributed by atoms with Crippen LogP contribution in [0.3, 0.4) is 0 Å². The van der Waals surface area contributed by atoms with Crippen molar-refractivity contribution < 1.29 is 9.84 Å². The number of nitrogens with zero attached hydrogens (tertiary/aromatic N) is 2. The summed E-state index contributed by atoms with van der Waals surface area (Å²) in [5, 5.41) is 14.8. The fraction of sp³-hybridized carbons (Fsp3) is 0.438. The largest absolute Gasteiger partial charge is 0.497 e. The summed E-state index contributed by atoms with van der Waals surface area (Å²) >= 11 is 0. The molecule has 4 nitrogen and oxygen atoms in total. The highest BCUT2D eigenvalue weighted by molar-refractivity contribution is 5.29. The molecule has 1 N–H and O–H groups in total. The van der Waals surface area contributed by atoms with Gasteiger partial charge in [0.2, 0.25) is 0 Å². The maximum atomic E-state index is 10.3. The van der Waals surface area contributed by atoms with Crippen molar-refractivity contribution in [3.8, 4) is 5.75 Å². The van der Waals surface area contributed by atoms with Crippen LogP contribution < -0.4 is 4.74 Å². The molecule has 0 spiro atoms. The summed E-state index contributed by atoms with van der Waals surface area (Å²) in [4.78, 5) is 0. The Kier molecular flexibility index (Phi) is 4.79. The first-order valence-electron chi connectivity index (χ1n) is 7.00. The van der Waals surface area contributed by atoms with Gasteiger partial charge >= 0.3 is 0 Å². The lowest BCUT2D eigenvalue weighted by atomic mass is 10.1. The zero-order valence-corrected chi connectivity index (χ0v) is 12.3. The molecular formula is C16H22N2O2. The quantitative estimate of drug-likeness (QED) is 0.880. The van der Waals surface area contributed by atoms with Crippen molar-refractivity contribution in [3.05, 3.63) is 47.8 Å². The normalized spacial score (nSPS) is 14.0. The molecule has 0 aliphatic heterocycles. The maximum absolute atomic E-state index is 10.3. The van der Waals surface area contributed by atoms with Gasteiger partial charge in [-0.25, -0.2) is 0 Å². The minimum atomic E-state index is -0.541.